The van der Waals surface area contributed by atoms with Gasteiger partial charge in [0.1, 0.15) is 6.10 Å². The van der Waals surface area contributed by atoms with E-state index in [4.69, 9.17) is 4.74 Å². The molecule has 1 aliphatic rings. The van der Waals surface area contributed by atoms with Crippen molar-refractivity contribution in [2.24, 2.45) is 5.92 Å². The van der Waals surface area contributed by atoms with E-state index in [1.165, 1.54) is 25.7 Å². The molecule has 4 heteroatoms. The number of hydrogen-bond acceptors (Lipinski definition) is 3. The molecule has 2 atom stereocenters. The quantitative estimate of drug-likeness (QED) is 0.631. The highest BCUT2D eigenvalue weighted by atomic mass is 16.5. The van der Waals surface area contributed by atoms with Gasteiger partial charge in [-0.25, -0.2) is 0 Å². The highest BCUT2D eigenvalue weighted by molar-refractivity contribution is 5.80. The number of hydrogen-bond donors (Lipinski definition) is 2. The number of rotatable bonds is 9. The SMILES string of the molecule is CCCCCNC(=O)C(C)OCCC1CCCNC1. The third-order valence-electron chi connectivity index (χ3n) is 3.74. The molecular weight excluding hydrogens is 240 g/mol. The Labute approximate surface area is 117 Å². The Hall–Kier alpha value is -0.610. The summed E-state index contributed by atoms with van der Waals surface area (Å²) in [6, 6.07) is 0. The first kappa shape index (κ1) is 16.4. The molecule has 0 spiro atoms. The molecular formula is C15H30N2O2. The van der Waals surface area contributed by atoms with Gasteiger partial charge in [0.2, 0.25) is 5.91 Å². The average molecular weight is 270 g/mol. The zero-order valence-corrected chi connectivity index (χ0v) is 12.5. The van der Waals surface area contributed by atoms with Gasteiger partial charge in [-0.15, -0.1) is 0 Å². The van der Waals surface area contributed by atoms with E-state index >= 15 is 0 Å². The molecule has 2 unspecified atom stereocenters. The number of unbranched alkanes of at least 4 members (excludes halogenated alkanes) is 2. The highest BCUT2D eigenvalue weighted by Gasteiger charge is 2.15. The summed E-state index contributed by atoms with van der Waals surface area (Å²) in [6.45, 7) is 7.71. The summed E-state index contributed by atoms with van der Waals surface area (Å²) in [5.41, 5.74) is 0. The summed E-state index contributed by atoms with van der Waals surface area (Å²) in [5.74, 6) is 0.742. The molecule has 2 N–H and O–H groups in total. The lowest BCUT2D eigenvalue weighted by Gasteiger charge is -2.23. The molecule has 0 radical (unpaired) electrons. The Kier molecular flexibility index (Phi) is 8.84. The van der Waals surface area contributed by atoms with E-state index in [2.05, 4.69) is 17.6 Å². The molecule has 0 saturated carbocycles. The lowest BCUT2D eigenvalue weighted by Crippen LogP contribution is -2.36. The van der Waals surface area contributed by atoms with Crippen LogP contribution in [0.15, 0.2) is 0 Å². The van der Waals surface area contributed by atoms with Gasteiger partial charge in [-0.1, -0.05) is 19.8 Å². The van der Waals surface area contributed by atoms with Gasteiger partial charge in [0.25, 0.3) is 0 Å². The van der Waals surface area contributed by atoms with E-state index in [1.807, 2.05) is 6.92 Å². The third kappa shape index (κ3) is 7.53. The lowest BCUT2D eigenvalue weighted by atomic mass is 9.97. The third-order valence-corrected chi connectivity index (χ3v) is 3.74. The van der Waals surface area contributed by atoms with Crippen molar-refractivity contribution in [3.05, 3.63) is 0 Å². The fraction of sp³-hybridized carbons (Fsp3) is 0.933. The first-order valence-electron chi connectivity index (χ1n) is 7.84. The maximum absolute atomic E-state index is 11.7. The predicted molar refractivity (Wildman–Crippen MR) is 78.2 cm³/mol. The molecule has 112 valence electrons. The Morgan fingerprint density at radius 1 is 1.47 bits per heavy atom. The summed E-state index contributed by atoms with van der Waals surface area (Å²) >= 11 is 0. The molecule has 0 aromatic carbocycles. The second-order valence-corrected chi connectivity index (χ2v) is 5.51. The van der Waals surface area contributed by atoms with Crippen LogP contribution in [0.2, 0.25) is 0 Å². The lowest BCUT2D eigenvalue weighted by molar-refractivity contribution is -0.132. The average Bonchev–Trinajstić information content (AvgIpc) is 2.44. The molecule has 1 heterocycles. The van der Waals surface area contributed by atoms with Crippen LogP contribution < -0.4 is 10.6 Å². The van der Waals surface area contributed by atoms with Gasteiger partial charge in [-0.05, 0) is 51.6 Å². The first-order valence-corrected chi connectivity index (χ1v) is 7.84. The molecule has 4 nitrogen and oxygen atoms in total. The Morgan fingerprint density at radius 2 is 2.32 bits per heavy atom. The first-order chi connectivity index (χ1) is 9.24. The summed E-state index contributed by atoms with van der Waals surface area (Å²) in [6.07, 6.45) is 6.69. The van der Waals surface area contributed by atoms with Crippen molar-refractivity contribution >= 4 is 5.91 Å². The van der Waals surface area contributed by atoms with Crippen LogP contribution in [0.25, 0.3) is 0 Å². The normalized spacial score (nSPS) is 21.1. The number of nitrogens with one attached hydrogen (secondary N) is 2. The topological polar surface area (TPSA) is 50.4 Å². The molecule has 1 fully saturated rings. The van der Waals surface area contributed by atoms with Crippen LogP contribution in [0.1, 0.15) is 52.4 Å². The van der Waals surface area contributed by atoms with Crippen molar-refractivity contribution in [1.82, 2.24) is 10.6 Å². The summed E-state index contributed by atoms with van der Waals surface area (Å²) in [5, 5.41) is 6.33. The van der Waals surface area contributed by atoms with Crippen LogP contribution in [0.5, 0.6) is 0 Å². The second kappa shape index (κ2) is 10.2. The standard InChI is InChI=1S/C15H30N2O2/c1-3-4-5-10-17-15(18)13(2)19-11-8-14-7-6-9-16-12-14/h13-14,16H,3-12H2,1-2H3,(H,17,18). The van der Waals surface area contributed by atoms with Gasteiger partial charge in [0, 0.05) is 13.2 Å². The van der Waals surface area contributed by atoms with Crippen LogP contribution in [0, 0.1) is 5.92 Å². The number of carbonyl (C=O) groups excluding carboxylic acids is 1. The minimum atomic E-state index is -0.321. The van der Waals surface area contributed by atoms with E-state index < -0.39 is 0 Å². The summed E-state index contributed by atoms with van der Waals surface area (Å²) in [7, 11) is 0. The number of ether oxygens (including phenoxy) is 1. The molecule has 19 heavy (non-hydrogen) atoms. The molecule has 1 aliphatic heterocycles. The van der Waals surface area contributed by atoms with Crippen LogP contribution in [-0.2, 0) is 9.53 Å². The van der Waals surface area contributed by atoms with E-state index in [1.54, 1.807) is 0 Å². The van der Waals surface area contributed by atoms with Crippen LogP contribution in [0.4, 0.5) is 0 Å². The van der Waals surface area contributed by atoms with Crippen molar-refractivity contribution in [1.29, 1.82) is 0 Å². The van der Waals surface area contributed by atoms with E-state index in [0.29, 0.717) is 12.5 Å². The highest BCUT2D eigenvalue weighted by Crippen LogP contribution is 2.14. The van der Waals surface area contributed by atoms with Crippen LogP contribution >= 0.6 is 0 Å². The Balaban J connectivity index is 2.02. The molecule has 0 bridgehead atoms. The smallest absolute Gasteiger partial charge is 0.248 e. The molecule has 1 amide bonds. The minimum Gasteiger partial charge on any atom is -0.369 e. The fourth-order valence-corrected chi connectivity index (χ4v) is 2.39. The maximum atomic E-state index is 11.7. The Bertz CT molecular complexity index is 240. The van der Waals surface area contributed by atoms with Crippen molar-refractivity contribution in [3.63, 3.8) is 0 Å². The summed E-state index contributed by atoms with van der Waals surface area (Å²) < 4.78 is 5.62. The largest absolute Gasteiger partial charge is 0.369 e. The monoisotopic (exact) mass is 270 g/mol. The van der Waals surface area contributed by atoms with E-state index in [9.17, 15) is 4.79 Å². The molecule has 1 rings (SSSR count). The molecule has 0 aromatic rings. The molecule has 1 saturated heterocycles. The zero-order valence-electron chi connectivity index (χ0n) is 12.5. The fourth-order valence-electron chi connectivity index (χ4n) is 2.39. The minimum absolute atomic E-state index is 0.0258. The van der Waals surface area contributed by atoms with E-state index in [0.717, 1.165) is 32.5 Å². The van der Waals surface area contributed by atoms with Gasteiger partial charge in [-0.3, -0.25) is 4.79 Å². The van der Waals surface area contributed by atoms with Gasteiger partial charge in [-0.2, -0.15) is 0 Å². The van der Waals surface area contributed by atoms with Gasteiger partial charge in [0.05, 0.1) is 0 Å². The number of carbonyl (C=O) groups is 1. The van der Waals surface area contributed by atoms with Crippen molar-refractivity contribution in [3.8, 4) is 0 Å². The van der Waals surface area contributed by atoms with Crippen molar-refractivity contribution in [2.75, 3.05) is 26.2 Å². The van der Waals surface area contributed by atoms with Gasteiger partial charge in [0.15, 0.2) is 0 Å². The molecule has 0 aliphatic carbocycles. The van der Waals surface area contributed by atoms with E-state index in [-0.39, 0.29) is 12.0 Å². The van der Waals surface area contributed by atoms with Crippen LogP contribution in [-0.4, -0.2) is 38.3 Å². The zero-order chi connectivity index (χ0) is 13.9. The number of piperidine rings is 1. The maximum Gasteiger partial charge on any atom is 0.248 e. The van der Waals surface area contributed by atoms with Gasteiger partial charge < -0.3 is 15.4 Å². The summed E-state index contributed by atoms with van der Waals surface area (Å²) in [4.78, 5) is 11.7. The Morgan fingerprint density at radius 3 is 3.00 bits per heavy atom. The van der Waals surface area contributed by atoms with Crippen LogP contribution in [0.3, 0.4) is 0 Å². The van der Waals surface area contributed by atoms with Crippen molar-refractivity contribution in [2.45, 2.75) is 58.5 Å². The predicted octanol–water partition coefficient (Wildman–Crippen LogP) is 2.09. The van der Waals surface area contributed by atoms with Gasteiger partial charge >= 0.3 is 0 Å². The number of amides is 1. The second-order valence-electron chi connectivity index (χ2n) is 5.51. The molecule has 0 aromatic heterocycles. The van der Waals surface area contributed by atoms with Crippen molar-refractivity contribution < 1.29 is 9.53 Å².